The minimum Gasteiger partial charge on any atom is -0.456 e. The molecule has 1 unspecified atom stereocenters. The molecule has 3 aromatic rings. The Labute approximate surface area is 277 Å². The number of ether oxygens (including phenoxy) is 3. The third-order valence-electron chi connectivity index (χ3n) is 7.73. The number of hydrogen-bond acceptors (Lipinski definition) is 9. The van der Waals surface area contributed by atoms with Gasteiger partial charge in [0, 0.05) is 26.2 Å². The van der Waals surface area contributed by atoms with E-state index in [0.717, 1.165) is 35.1 Å². The van der Waals surface area contributed by atoms with E-state index in [2.05, 4.69) is 10.4 Å². The minimum atomic E-state index is -0.918. The molecule has 10 nitrogen and oxygen atoms in total. The summed E-state index contributed by atoms with van der Waals surface area (Å²) >= 11 is 0. The van der Waals surface area contributed by atoms with Crippen molar-refractivity contribution in [1.29, 1.82) is 5.53 Å². The van der Waals surface area contributed by atoms with Crippen LogP contribution in [0.1, 0.15) is 97.8 Å². The highest BCUT2D eigenvalue weighted by molar-refractivity contribution is 5.89. The van der Waals surface area contributed by atoms with Crippen LogP contribution in [-0.4, -0.2) is 53.0 Å². The molecule has 1 atom stereocenters. The Bertz CT molecular complexity index is 1570. The number of aliphatic hydroxyl groups is 1. The lowest BCUT2D eigenvalue weighted by Gasteiger charge is -2.31. The third kappa shape index (κ3) is 9.86. The van der Waals surface area contributed by atoms with Gasteiger partial charge in [0.1, 0.15) is 23.0 Å². The summed E-state index contributed by atoms with van der Waals surface area (Å²) in [6.45, 7) is 15.5. The summed E-state index contributed by atoms with van der Waals surface area (Å²) in [4.78, 5) is 26.6. The molecule has 0 bridgehead atoms. The molecule has 0 fully saturated rings. The molecule has 0 saturated carbocycles. The van der Waals surface area contributed by atoms with E-state index < -0.39 is 17.3 Å². The second-order valence-electron chi connectivity index (χ2n) is 13.9. The quantitative estimate of drug-likeness (QED) is 0.109. The predicted molar refractivity (Wildman–Crippen MR) is 181 cm³/mol. The van der Waals surface area contributed by atoms with Crippen LogP contribution in [0, 0.1) is 12.5 Å². The molecule has 0 aliphatic carbocycles. The van der Waals surface area contributed by atoms with Crippen molar-refractivity contribution in [3.05, 3.63) is 93.5 Å². The SMILES string of the molecule is Cc1c(C(O)c2ccc3c(c2)CN(C(=O)OC(C)(C)C)CC3)ccc(NCCCOCc2ccc(C(=O)OC(C)(C)C)cc2)c1N=N. The molecular formula is C37H48N4O6. The zero-order chi connectivity index (χ0) is 34.4. The topological polar surface area (TPSA) is 134 Å². The molecule has 47 heavy (non-hydrogen) atoms. The van der Waals surface area contributed by atoms with Crippen molar-refractivity contribution in [2.45, 2.75) is 91.8 Å². The van der Waals surface area contributed by atoms with E-state index in [-0.39, 0.29) is 12.1 Å². The van der Waals surface area contributed by atoms with Gasteiger partial charge in [-0.3, -0.25) is 0 Å². The molecule has 3 N–H and O–H groups in total. The van der Waals surface area contributed by atoms with Gasteiger partial charge in [-0.1, -0.05) is 36.4 Å². The molecule has 252 valence electrons. The lowest BCUT2D eigenvalue weighted by molar-refractivity contribution is 0.00685. The number of nitrogens with one attached hydrogen (secondary N) is 2. The average Bonchev–Trinajstić information content (AvgIpc) is 3.00. The maximum Gasteiger partial charge on any atom is 0.410 e. The number of hydrogen-bond donors (Lipinski definition) is 3. The maximum absolute atomic E-state index is 12.7. The summed E-state index contributed by atoms with van der Waals surface area (Å²) in [7, 11) is 0. The van der Waals surface area contributed by atoms with E-state index in [1.807, 2.05) is 90.9 Å². The van der Waals surface area contributed by atoms with Gasteiger partial charge in [0.15, 0.2) is 0 Å². The van der Waals surface area contributed by atoms with Crippen molar-refractivity contribution < 1.29 is 28.9 Å². The second-order valence-corrected chi connectivity index (χ2v) is 13.9. The first-order chi connectivity index (χ1) is 22.1. The molecule has 0 spiro atoms. The van der Waals surface area contributed by atoms with Crippen LogP contribution in [0.3, 0.4) is 0 Å². The molecule has 1 heterocycles. The fraction of sp³-hybridized carbons (Fsp3) is 0.459. The summed E-state index contributed by atoms with van der Waals surface area (Å²) in [6.07, 6.45) is 0.193. The number of nitrogens with zero attached hydrogens (tertiary/aromatic N) is 2. The summed E-state index contributed by atoms with van der Waals surface area (Å²) < 4.78 is 16.8. The van der Waals surface area contributed by atoms with E-state index in [0.29, 0.717) is 60.9 Å². The number of aliphatic hydroxyl groups excluding tert-OH is 1. The fourth-order valence-electron chi connectivity index (χ4n) is 5.37. The zero-order valence-corrected chi connectivity index (χ0v) is 28.6. The third-order valence-corrected chi connectivity index (χ3v) is 7.73. The van der Waals surface area contributed by atoms with E-state index >= 15 is 0 Å². The van der Waals surface area contributed by atoms with E-state index in [1.54, 1.807) is 17.0 Å². The summed E-state index contributed by atoms with van der Waals surface area (Å²) in [5.74, 6) is -0.348. The van der Waals surface area contributed by atoms with Crippen LogP contribution >= 0.6 is 0 Å². The molecule has 1 aliphatic rings. The second kappa shape index (κ2) is 15.1. The van der Waals surface area contributed by atoms with Crippen molar-refractivity contribution in [3.63, 3.8) is 0 Å². The fourth-order valence-corrected chi connectivity index (χ4v) is 5.37. The Kier molecular flexibility index (Phi) is 11.4. The first-order valence-corrected chi connectivity index (χ1v) is 16.1. The number of benzene rings is 3. The lowest BCUT2D eigenvalue weighted by Crippen LogP contribution is -2.39. The van der Waals surface area contributed by atoms with Crippen molar-refractivity contribution >= 4 is 23.4 Å². The normalized spacial score (nSPS) is 13.8. The van der Waals surface area contributed by atoms with Gasteiger partial charge in [-0.05, 0) is 113 Å². The molecular weight excluding hydrogens is 596 g/mol. The van der Waals surface area contributed by atoms with Gasteiger partial charge in [0.2, 0.25) is 0 Å². The highest BCUT2D eigenvalue weighted by atomic mass is 16.6. The molecule has 4 rings (SSSR count). The van der Waals surface area contributed by atoms with E-state index in [1.165, 1.54) is 0 Å². The van der Waals surface area contributed by atoms with E-state index in [4.69, 9.17) is 19.7 Å². The van der Waals surface area contributed by atoms with Gasteiger partial charge >= 0.3 is 12.1 Å². The van der Waals surface area contributed by atoms with Gasteiger partial charge in [-0.25, -0.2) is 15.1 Å². The van der Waals surface area contributed by atoms with Crippen LogP contribution in [0.15, 0.2) is 59.7 Å². The summed E-state index contributed by atoms with van der Waals surface area (Å²) in [5, 5.41) is 18.5. The predicted octanol–water partition coefficient (Wildman–Crippen LogP) is 8.01. The maximum atomic E-state index is 12.7. The number of rotatable bonds is 11. The van der Waals surface area contributed by atoms with E-state index in [9.17, 15) is 14.7 Å². The summed E-state index contributed by atoms with van der Waals surface area (Å²) in [6, 6.07) is 16.8. The molecule has 10 heteroatoms. The lowest BCUT2D eigenvalue weighted by atomic mass is 9.91. The van der Waals surface area contributed by atoms with Crippen molar-refractivity contribution in [3.8, 4) is 0 Å². The van der Waals surface area contributed by atoms with Gasteiger partial charge in [0.05, 0.1) is 17.9 Å². The van der Waals surface area contributed by atoms with Gasteiger partial charge in [0.25, 0.3) is 0 Å². The molecule has 3 aromatic carbocycles. The number of amides is 1. The number of fused-ring (bicyclic) bond motifs is 1. The Hall–Kier alpha value is -4.28. The average molecular weight is 645 g/mol. The molecule has 0 aromatic heterocycles. The molecule has 0 saturated heterocycles. The highest BCUT2D eigenvalue weighted by Gasteiger charge is 2.27. The van der Waals surface area contributed by atoms with Crippen LogP contribution in [-0.2, 0) is 33.8 Å². The van der Waals surface area contributed by atoms with Crippen molar-refractivity contribution in [1.82, 2.24) is 4.90 Å². The molecule has 1 aliphatic heterocycles. The number of esters is 1. The summed E-state index contributed by atoms with van der Waals surface area (Å²) in [5.41, 5.74) is 13.6. The van der Waals surface area contributed by atoms with Crippen LogP contribution in [0.2, 0.25) is 0 Å². The van der Waals surface area contributed by atoms with Gasteiger partial charge < -0.3 is 29.5 Å². The van der Waals surface area contributed by atoms with Gasteiger partial charge in [-0.2, -0.15) is 5.11 Å². The first-order valence-electron chi connectivity index (χ1n) is 16.1. The standard InChI is InChI=1S/C37H48N4O6/c1-24-30(33(42)28-14-13-26-17-19-41(22-29(26)21-28)35(44)47-37(5,6)7)15-16-31(32(24)40-38)39-18-8-20-45-23-25-9-11-27(12-10-25)34(43)46-36(2,3)4/h9-16,21,33,38-39,42H,8,17-20,22-23H2,1-7H3. The van der Waals surface area contributed by atoms with Crippen LogP contribution < -0.4 is 5.32 Å². The monoisotopic (exact) mass is 644 g/mol. The number of carbonyl (C=O) groups is 2. The Balaban J connectivity index is 1.30. The zero-order valence-electron chi connectivity index (χ0n) is 28.6. The largest absolute Gasteiger partial charge is 0.456 e. The van der Waals surface area contributed by atoms with Crippen LogP contribution in [0.4, 0.5) is 16.2 Å². The minimum absolute atomic E-state index is 0.340. The van der Waals surface area contributed by atoms with Crippen molar-refractivity contribution in [2.75, 3.05) is 25.0 Å². The highest BCUT2D eigenvalue weighted by Crippen LogP contribution is 2.37. The smallest absolute Gasteiger partial charge is 0.410 e. The van der Waals surface area contributed by atoms with Crippen LogP contribution in [0.25, 0.3) is 0 Å². The number of anilines is 1. The van der Waals surface area contributed by atoms with Crippen molar-refractivity contribution in [2.24, 2.45) is 5.11 Å². The Morgan fingerprint density at radius 2 is 1.68 bits per heavy atom. The number of carbonyl (C=O) groups excluding carboxylic acids is 2. The molecule has 1 amide bonds. The molecule has 0 radical (unpaired) electrons. The van der Waals surface area contributed by atoms with Crippen LogP contribution in [0.5, 0.6) is 0 Å². The Morgan fingerprint density at radius 3 is 2.34 bits per heavy atom. The van der Waals surface area contributed by atoms with Gasteiger partial charge in [-0.15, -0.1) is 0 Å². The Morgan fingerprint density at radius 1 is 0.979 bits per heavy atom. The first kappa shape index (κ1) is 35.6.